The van der Waals surface area contributed by atoms with Crippen LogP contribution in [-0.4, -0.2) is 54.5 Å². The van der Waals surface area contributed by atoms with E-state index in [4.69, 9.17) is 4.74 Å². The lowest BCUT2D eigenvalue weighted by atomic mass is 10.1. The molecule has 1 aliphatic heterocycles. The summed E-state index contributed by atoms with van der Waals surface area (Å²) in [4.78, 5) is 21.1. The molecule has 3 rings (SSSR count). The van der Waals surface area contributed by atoms with Crippen molar-refractivity contribution in [3.63, 3.8) is 0 Å². The van der Waals surface area contributed by atoms with Crippen LogP contribution >= 0.6 is 0 Å². The van der Waals surface area contributed by atoms with Crippen molar-refractivity contribution in [2.24, 2.45) is 5.92 Å². The van der Waals surface area contributed by atoms with Gasteiger partial charge >= 0.3 is 0 Å². The molecule has 0 saturated carbocycles. The number of hydrogen-bond donors (Lipinski definition) is 0. The molecule has 1 atom stereocenters. The van der Waals surface area contributed by atoms with Crippen LogP contribution in [-0.2, 0) is 17.8 Å². The number of likely N-dealkylation sites (N-methyl/N-ethyl adjacent to an activating group) is 1. The fourth-order valence-corrected chi connectivity index (χ4v) is 3.46. The number of ether oxygens (including phenoxy) is 1. The lowest BCUT2D eigenvalue weighted by Gasteiger charge is -2.22. The van der Waals surface area contributed by atoms with Gasteiger partial charge in [0.25, 0.3) is 0 Å². The van der Waals surface area contributed by atoms with Crippen molar-refractivity contribution in [3.05, 3.63) is 59.9 Å². The maximum Gasteiger partial charge on any atom is 0.228 e. The van der Waals surface area contributed by atoms with Gasteiger partial charge in [0.2, 0.25) is 5.91 Å². The molecular formula is C21H27N3O2. The predicted molar refractivity (Wildman–Crippen MR) is 102 cm³/mol. The second-order valence-electron chi connectivity index (χ2n) is 7.02. The van der Waals surface area contributed by atoms with E-state index in [-0.39, 0.29) is 5.91 Å². The average molecular weight is 353 g/mol. The second kappa shape index (κ2) is 8.81. The number of benzene rings is 1. The summed E-state index contributed by atoms with van der Waals surface area (Å²) in [5.74, 6) is 1.36. The Morgan fingerprint density at radius 2 is 2.08 bits per heavy atom. The number of likely N-dealkylation sites (tertiary alicyclic amines) is 1. The van der Waals surface area contributed by atoms with Crippen molar-refractivity contribution in [2.45, 2.75) is 19.4 Å². The van der Waals surface area contributed by atoms with E-state index in [0.717, 1.165) is 38.3 Å². The van der Waals surface area contributed by atoms with Crippen molar-refractivity contribution in [2.75, 3.05) is 33.8 Å². The molecule has 5 nitrogen and oxygen atoms in total. The Kier molecular flexibility index (Phi) is 6.23. The Bertz CT molecular complexity index is 703. The SMILES string of the molecule is COc1ccc(CC(=O)N(C)CC2CCN(Cc3ccccc3)C2)nc1. The maximum absolute atomic E-state index is 12.5. The Morgan fingerprint density at radius 1 is 1.27 bits per heavy atom. The quantitative estimate of drug-likeness (QED) is 0.768. The van der Waals surface area contributed by atoms with Gasteiger partial charge in [-0.1, -0.05) is 30.3 Å². The highest BCUT2D eigenvalue weighted by atomic mass is 16.5. The number of hydrogen-bond acceptors (Lipinski definition) is 4. The molecule has 0 bridgehead atoms. The molecule has 0 radical (unpaired) electrons. The van der Waals surface area contributed by atoms with E-state index in [0.29, 0.717) is 18.1 Å². The van der Waals surface area contributed by atoms with E-state index < -0.39 is 0 Å². The summed E-state index contributed by atoms with van der Waals surface area (Å²) in [6, 6.07) is 14.3. The third kappa shape index (κ3) is 5.05. The Balaban J connectivity index is 1.45. The molecule has 1 aromatic heterocycles. The molecule has 1 saturated heterocycles. The van der Waals surface area contributed by atoms with Crippen molar-refractivity contribution in [1.29, 1.82) is 0 Å². The van der Waals surface area contributed by atoms with Crippen LogP contribution in [0.1, 0.15) is 17.7 Å². The number of methoxy groups -OCH3 is 1. The van der Waals surface area contributed by atoms with E-state index in [1.165, 1.54) is 5.56 Å². The molecule has 0 aliphatic carbocycles. The monoisotopic (exact) mass is 353 g/mol. The van der Waals surface area contributed by atoms with Gasteiger partial charge in [-0.25, -0.2) is 0 Å². The summed E-state index contributed by atoms with van der Waals surface area (Å²) in [5, 5.41) is 0. The number of aromatic nitrogens is 1. The van der Waals surface area contributed by atoms with Crippen LogP contribution in [0.2, 0.25) is 0 Å². The van der Waals surface area contributed by atoms with Gasteiger partial charge in [-0.05, 0) is 36.6 Å². The minimum atomic E-state index is 0.115. The van der Waals surface area contributed by atoms with Crippen LogP contribution in [0.3, 0.4) is 0 Å². The number of carbonyl (C=O) groups excluding carboxylic acids is 1. The zero-order valence-electron chi connectivity index (χ0n) is 15.6. The molecule has 1 aromatic carbocycles. The Hall–Kier alpha value is -2.40. The van der Waals surface area contributed by atoms with Gasteiger partial charge in [0.05, 0.1) is 19.7 Å². The molecule has 1 amide bonds. The zero-order valence-corrected chi connectivity index (χ0v) is 15.6. The lowest BCUT2D eigenvalue weighted by molar-refractivity contribution is -0.129. The first-order valence-corrected chi connectivity index (χ1v) is 9.13. The topological polar surface area (TPSA) is 45.7 Å². The number of pyridine rings is 1. The van der Waals surface area contributed by atoms with Gasteiger partial charge < -0.3 is 9.64 Å². The van der Waals surface area contributed by atoms with Gasteiger partial charge in [-0.15, -0.1) is 0 Å². The minimum absolute atomic E-state index is 0.115. The Morgan fingerprint density at radius 3 is 2.77 bits per heavy atom. The van der Waals surface area contributed by atoms with E-state index in [1.54, 1.807) is 13.3 Å². The van der Waals surface area contributed by atoms with Crippen LogP contribution in [0, 0.1) is 5.92 Å². The van der Waals surface area contributed by atoms with Crippen LogP contribution in [0.5, 0.6) is 5.75 Å². The van der Waals surface area contributed by atoms with Crippen LogP contribution < -0.4 is 4.74 Å². The van der Waals surface area contributed by atoms with Crippen LogP contribution in [0.25, 0.3) is 0 Å². The maximum atomic E-state index is 12.5. The molecule has 2 aromatic rings. The van der Waals surface area contributed by atoms with E-state index in [9.17, 15) is 4.79 Å². The van der Waals surface area contributed by atoms with E-state index in [2.05, 4.69) is 40.2 Å². The lowest BCUT2D eigenvalue weighted by Crippen LogP contribution is -2.34. The smallest absolute Gasteiger partial charge is 0.228 e. The van der Waals surface area contributed by atoms with Gasteiger partial charge in [0, 0.05) is 32.4 Å². The molecule has 1 aliphatic rings. The summed E-state index contributed by atoms with van der Waals surface area (Å²) >= 11 is 0. The van der Waals surface area contributed by atoms with Crippen molar-refractivity contribution >= 4 is 5.91 Å². The van der Waals surface area contributed by atoms with Crippen LogP contribution in [0.15, 0.2) is 48.7 Å². The van der Waals surface area contributed by atoms with E-state index in [1.807, 2.05) is 24.1 Å². The number of nitrogens with zero attached hydrogens (tertiary/aromatic N) is 3. The number of amides is 1. The standard InChI is InChI=1S/C21H27N3O2/c1-23(21(25)12-19-8-9-20(26-2)13-22-19)14-18-10-11-24(16-18)15-17-6-4-3-5-7-17/h3-9,13,18H,10-12,14-16H2,1-2H3. The van der Waals surface area contributed by atoms with Crippen molar-refractivity contribution in [1.82, 2.24) is 14.8 Å². The van der Waals surface area contributed by atoms with Crippen LogP contribution in [0.4, 0.5) is 0 Å². The summed E-state index contributed by atoms with van der Waals surface area (Å²) in [6.45, 7) is 3.94. The third-order valence-corrected chi connectivity index (χ3v) is 4.94. The average Bonchev–Trinajstić information content (AvgIpc) is 3.10. The zero-order chi connectivity index (χ0) is 18.4. The fraction of sp³-hybridized carbons (Fsp3) is 0.429. The van der Waals surface area contributed by atoms with Gasteiger partial charge in [-0.2, -0.15) is 0 Å². The predicted octanol–water partition coefficient (Wildman–Crippen LogP) is 2.61. The molecular weight excluding hydrogens is 326 g/mol. The van der Waals surface area contributed by atoms with Gasteiger partial charge in [-0.3, -0.25) is 14.7 Å². The first-order valence-electron chi connectivity index (χ1n) is 9.13. The highest BCUT2D eigenvalue weighted by Gasteiger charge is 2.25. The Labute approximate surface area is 155 Å². The molecule has 2 heterocycles. The molecule has 26 heavy (non-hydrogen) atoms. The van der Waals surface area contributed by atoms with Crippen molar-refractivity contribution in [3.8, 4) is 5.75 Å². The summed E-state index contributed by atoms with van der Waals surface area (Å²) < 4.78 is 5.10. The van der Waals surface area contributed by atoms with E-state index >= 15 is 0 Å². The highest BCUT2D eigenvalue weighted by molar-refractivity contribution is 5.78. The molecule has 5 heteroatoms. The summed E-state index contributed by atoms with van der Waals surface area (Å²) in [5.41, 5.74) is 2.13. The van der Waals surface area contributed by atoms with Crippen molar-refractivity contribution < 1.29 is 9.53 Å². The highest BCUT2D eigenvalue weighted by Crippen LogP contribution is 2.20. The largest absolute Gasteiger partial charge is 0.495 e. The van der Waals surface area contributed by atoms with Gasteiger partial charge in [0.1, 0.15) is 5.75 Å². The normalized spacial score (nSPS) is 17.2. The first-order chi connectivity index (χ1) is 12.6. The molecule has 1 fully saturated rings. The molecule has 138 valence electrons. The third-order valence-electron chi connectivity index (χ3n) is 4.94. The number of carbonyl (C=O) groups is 1. The summed E-state index contributed by atoms with van der Waals surface area (Å²) in [7, 11) is 3.50. The molecule has 1 unspecified atom stereocenters. The molecule has 0 spiro atoms. The fourth-order valence-electron chi connectivity index (χ4n) is 3.46. The summed E-state index contributed by atoms with van der Waals surface area (Å²) in [6.07, 6.45) is 3.13. The van der Waals surface area contributed by atoms with Gasteiger partial charge in [0.15, 0.2) is 0 Å². The molecule has 0 N–H and O–H groups in total. The minimum Gasteiger partial charge on any atom is -0.495 e. The number of rotatable bonds is 7. The first kappa shape index (κ1) is 18.4. The second-order valence-corrected chi connectivity index (χ2v) is 7.02.